The van der Waals surface area contributed by atoms with Gasteiger partial charge in [0.25, 0.3) is 0 Å². The Morgan fingerprint density at radius 2 is 1.74 bits per heavy atom. The lowest BCUT2D eigenvalue weighted by Crippen LogP contribution is -2.49. The summed E-state index contributed by atoms with van der Waals surface area (Å²) in [6, 6.07) is 10.3. The van der Waals surface area contributed by atoms with Crippen molar-refractivity contribution in [3.05, 3.63) is 35.9 Å². The molecular weight excluding hydrogens is 288 g/mol. The molecule has 23 heavy (non-hydrogen) atoms. The maximum Gasteiger partial charge on any atom is 0.227 e. The van der Waals surface area contributed by atoms with Crippen LogP contribution in [0, 0.1) is 5.41 Å². The Bertz CT molecular complexity index is 526. The highest BCUT2D eigenvalue weighted by molar-refractivity contribution is 5.81. The van der Waals surface area contributed by atoms with Crippen molar-refractivity contribution in [1.82, 2.24) is 10.2 Å². The predicted octanol–water partition coefficient (Wildman–Crippen LogP) is 2.77. The second kappa shape index (κ2) is 7.62. The molecule has 0 spiro atoms. The third kappa shape index (κ3) is 5.38. The highest BCUT2D eigenvalue weighted by Gasteiger charge is 2.30. The summed E-state index contributed by atoms with van der Waals surface area (Å²) in [7, 11) is 0. The second-order valence-corrected chi connectivity index (χ2v) is 7.37. The molecule has 1 aromatic carbocycles. The molecular formula is C19H28N2O2. The summed E-state index contributed by atoms with van der Waals surface area (Å²) in [6.07, 6.45) is 2.98. The Kier molecular flexibility index (Phi) is 5.80. The van der Waals surface area contributed by atoms with Crippen LogP contribution in [0.4, 0.5) is 0 Å². The Morgan fingerprint density at radius 3 is 2.30 bits per heavy atom. The molecule has 0 bridgehead atoms. The number of nitrogens with one attached hydrogen (secondary N) is 1. The first-order valence-corrected chi connectivity index (χ1v) is 8.49. The first kappa shape index (κ1) is 17.5. The maximum atomic E-state index is 12.2. The first-order valence-electron chi connectivity index (χ1n) is 8.49. The number of carbonyl (C=O) groups is 2. The van der Waals surface area contributed by atoms with Crippen molar-refractivity contribution in [3.8, 4) is 0 Å². The fraction of sp³-hybridized carbons (Fsp3) is 0.579. The summed E-state index contributed by atoms with van der Waals surface area (Å²) < 4.78 is 0. The monoisotopic (exact) mass is 316 g/mol. The van der Waals surface area contributed by atoms with Gasteiger partial charge in [-0.3, -0.25) is 9.59 Å². The normalized spacial score (nSPS) is 16.2. The predicted molar refractivity (Wildman–Crippen MR) is 92.0 cm³/mol. The van der Waals surface area contributed by atoms with E-state index in [2.05, 4.69) is 5.32 Å². The minimum absolute atomic E-state index is 0.106. The molecule has 2 rings (SSSR count). The zero-order valence-electron chi connectivity index (χ0n) is 14.5. The fourth-order valence-electron chi connectivity index (χ4n) is 2.90. The van der Waals surface area contributed by atoms with E-state index in [1.165, 1.54) is 5.56 Å². The molecule has 0 atom stereocenters. The summed E-state index contributed by atoms with van der Waals surface area (Å²) in [5.41, 5.74) is 0.861. The number of hydrogen-bond acceptors (Lipinski definition) is 2. The third-order valence-electron chi connectivity index (χ3n) is 4.27. The number of nitrogens with zero attached hydrogens (tertiary/aromatic N) is 1. The smallest absolute Gasteiger partial charge is 0.227 e. The topological polar surface area (TPSA) is 49.4 Å². The molecule has 0 aromatic heterocycles. The Balaban J connectivity index is 1.72. The van der Waals surface area contributed by atoms with Crippen LogP contribution in [-0.4, -0.2) is 35.8 Å². The molecule has 1 saturated heterocycles. The second-order valence-electron chi connectivity index (χ2n) is 7.37. The van der Waals surface area contributed by atoms with Crippen molar-refractivity contribution in [2.75, 3.05) is 13.1 Å². The molecule has 4 heteroatoms. The van der Waals surface area contributed by atoms with Crippen LogP contribution in [0.25, 0.3) is 0 Å². The SMILES string of the molecule is CC(C)(C)C(=O)N1CCC(NC(=O)CCc2ccccc2)CC1. The Hall–Kier alpha value is -1.84. The van der Waals surface area contributed by atoms with Crippen LogP contribution < -0.4 is 5.32 Å². The number of rotatable bonds is 4. The number of aryl methyl sites for hydroxylation is 1. The lowest BCUT2D eigenvalue weighted by Gasteiger charge is -2.36. The van der Waals surface area contributed by atoms with Gasteiger partial charge in [0.1, 0.15) is 0 Å². The van der Waals surface area contributed by atoms with E-state index in [0.717, 1.165) is 32.4 Å². The van der Waals surface area contributed by atoms with Gasteiger partial charge in [0, 0.05) is 31.0 Å². The standard InChI is InChI=1S/C19H28N2O2/c1-19(2,3)18(23)21-13-11-16(12-14-21)20-17(22)10-9-15-7-5-4-6-8-15/h4-8,16H,9-14H2,1-3H3,(H,20,22). The third-order valence-corrected chi connectivity index (χ3v) is 4.27. The van der Waals surface area contributed by atoms with Crippen LogP contribution in [0.2, 0.25) is 0 Å². The molecule has 126 valence electrons. The minimum atomic E-state index is -0.328. The van der Waals surface area contributed by atoms with Crippen molar-refractivity contribution in [2.24, 2.45) is 5.41 Å². The van der Waals surface area contributed by atoms with E-state index in [4.69, 9.17) is 0 Å². The van der Waals surface area contributed by atoms with Crippen LogP contribution in [0.15, 0.2) is 30.3 Å². The summed E-state index contributed by atoms with van der Waals surface area (Å²) in [5, 5.41) is 3.11. The van der Waals surface area contributed by atoms with E-state index in [0.29, 0.717) is 6.42 Å². The lowest BCUT2D eigenvalue weighted by molar-refractivity contribution is -0.140. The number of likely N-dealkylation sites (tertiary alicyclic amines) is 1. The summed E-state index contributed by atoms with van der Waals surface area (Å²) in [6.45, 7) is 7.33. The zero-order chi connectivity index (χ0) is 16.9. The molecule has 0 saturated carbocycles. The maximum absolute atomic E-state index is 12.2. The molecule has 1 aromatic rings. The van der Waals surface area contributed by atoms with E-state index >= 15 is 0 Å². The highest BCUT2D eigenvalue weighted by Crippen LogP contribution is 2.21. The number of hydrogen-bond donors (Lipinski definition) is 1. The van der Waals surface area contributed by atoms with E-state index in [-0.39, 0.29) is 23.3 Å². The molecule has 4 nitrogen and oxygen atoms in total. The quantitative estimate of drug-likeness (QED) is 0.928. The van der Waals surface area contributed by atoms with Crippen LogP contribution in [0.5, 0.6) is 0 Å². The van der Waals surface area contributed by atoms with Crippen molar-refractivity contribution in [1.29, 1.82) is 0 Å². The van der Waals surface area contributed by atoms with Crippen molar-refractivity contribution in [2.45, 2.75) is 52.5 Å². The molecule has 0 unspecified atom stereocenters. The van der Waals surface area contributed by atoms with Crippen LogP contribution in [0.1, 0.15) is 45.6 Å². The molecule has 1 heterocycles. The molecule has 0 aliphatic carbocycles. The van der Waals surface area contributed by atoms with Gasteiger partial charge >= 0.3 is 0 Å². The summed E-state index contributed by atoms with van der Waals surface area (Å²) in [4.78, 5) is 26.2. The van der Waals surface area contributed by atoms with Gasteiger partial charge in [-0.2, -0.15) is 0 Å². The summed E-state index contributed by atoms with van der Waals surface area (Å²) >= 11 is 0. The minimum Gasteiger partial charge on any atom is -0.353 e. The van der Waals surface area contributed by atoms with Crippen molar-refractivity contribution < 1.29 is 9.59 Å². The average molecular weight is 316 g/mol. The Morgan fingerprint density at radius 1 is 1.13 bits per heavy atom. The van der Waals surface area contributed by atoms with Gasteiger partial charge in [0.05, 0.1) is 0 Å². The zero-order valence-corrected chi connectivity index (χ0v) is 14.5. The number of piperidine rings is 1. The molecule has 1 aliphatic rings. The van der Waals surface area contributed by atoms with E-state index < -0.39 is 0 Å². The van der Waals surface area contributed by atoms with Gasteiger partial charge in [0.2, 0.25) is 11.8 Å². The van der Waals surface area contributed by atoms with Gasteiger partial charge in [-0.1, -0.05) is 51.1 Å². The molecule has 1 N–H and O–H groups in total. The van der Waals surface area contributed by atoms with Gasteiger partial charge in [0.15, 0.2) is 0 Å². The molecule has 1 aliphatic heterocycles. The van der Waals surface area contributed by atoms with Crippen LogP contribution in [-0.2, 0) is 16.0 Å². The molecule has 2 amide bonds. The summed E-state index contributed by atoms with van der Waals surface area (Å²) in [5.74, 6) is 0.306. The largest absolute Gasteiger partial charge is 0.353 e. The van der Waals surface area contributed by atoms with E-state index in [9.17, 15) is 9.59 Å². The van der Waals surface area contributed by atoms with Crippen LogP contribution in [0.3, 0.4) is 0 Å². The molecule has 1 fully saturated rings. The first-order chi connectivity index (χ1) is 10.9. The lowest BCUT2D eigenvalue weighted by atomic mass is 9.93. The Labute approximate surface area is 139 Å². The number of benzene rings is 1. The molecule has 0 radical (unpaired) electrons. The van der Waals surface area contributed by atoms with Gasteiger partial charge in [-0.05, 0) is 24.8 Å². The van der Waals surface area contributed by atoms with Gasteiger partial charge < -0.3 is 10.2 Å². The van der Waals surface area contributed by atoms with Crippen molar-refractivity contribution >= 4 is 11.8 Å². The van der Waals surface area contributed by atoms with Gasteiger partial charge in [-0.15, -0.1) is 0 Å². The highest BCUT2D eigenvalue weighted by atomic mass is 16.2. The van der Waals surface area contributed by atoms with E-state index in [1.54, 1.807) is 0 Å². The van der Waals surface area contributed by atoms with Gasteiger partial charge in [-0.25, -0.2) is 0 Å². The van der Waals surface area contributed by atoms with Crippen LogP contribution >= 0.6 is 0 Å². The van der Waals surface area contributed by atoms with Crippen molar-refractivity contribution in [3.63, 3.8) is 0 Å². The fourth-order valence-corrected chi connectivity index (χ4v) is 2.90. The number of carbonyl (C=O) groups excluding carboxylic acids is 2. The van der Waals surface area contributed by atoms with E-state index in [1.807, 2.05) is 56.0 Å². The number of amides is 2. The average Bonchev–Trinajstić information content (AvgIpc) is 2.53.